The number of methoxy groups -OCH3 is 1. The summed E-state index contributed by atoms with van der Waals surface area (Å²) in [6.07, 6.45) is -1.66. The van der Waals surface area contributed by atoms with Crippen LogP contribution in [0, 0.1) is 23.2 Å². The third-order valence-electron chi connectivity index (χ3n) is 11.6. The van der Waals surface area contributed by atoms with E-state index in [9.17, 15) is 35.8 Å². The molecule has 3 fully saturated rings. The molecule has 5 rings (SSSR count). The minimum Gasteiger partial charge on any atom is -0.493 e. The summed E-state index contributed by atoms with van der Waals surface area (Å²) < 4.78 is 88.5. The maximum atomic E-state index is 13.3. The maximum absolute atomic E-state index is 13.3. The number of nitrogens with zero attached hydrogens (tertiary/aromatic N) is 1. The Balaban J connectivity index is 1.29. The molecule has 14 heteroatoms. The van der Waals surface area contributed by atoms with Gasteiger partial charge in [-0.15, -0.1) is 0 Å². The second-order valence-corrected chi connectivity index (χ2v) is 16.2. The lowest BCUT2D eigenvalue weighted by molar-refractivity contribution is -0.284. The van der Waals surface area contributed by atoms with Crippen LogP contribution in [-0.4, -0.2) is 89.1 Å². The van der Waals surface area contributed by atoms with Crippen molar-refractivity contribution in [2.75, 3.05) is 44.9 Å². The van der Waals surface area contributed by atoms with Crippen LogP contribution in [0.5, 0.6) is 11.5 Å². The van der Waals surface area contributed by atoms with E-state index in [4.69, 9.17) is 14.6 Å². The number of ketones is 1. The van der Waals surface area contributed by atoms with E-state index in [-0.39, 0.29) is 47.8 Å². The zero-order valence-corrected chi connectivity index (χ0v) is 29.1. The summed E-state index contributed by atoms with van der Waals surface area (Å²) in [5.74, 6) is -3.06. The van der Waals surface area contributed by atoms with Gasteiger partial charge >= 0.3 is 18.2 Å². The van der Waals surface area contributed by atoms with Crippen LogP contribution >= 0.6 is 0 Å². The zero-order chi connectivity index (χ0) is 35.6. The summed E-state index contributed by atoms with van der Waals surface area (Å²) in [4.78, 5) is 28.0. The van der Waals surface area contributed by atoms with Crippen LogP contribution in [0.25, 0.3) is 0 Å². The van der Waals surface area contributed by atoms with Crippen molar-refractivity contribution < 1.29 is 50.3 Å². The van der Waals surface area contributed by atoms with E-state index in [2.05, 4.69) is 12.2 Å². The summed E-state index contributed by atoms with van der Waals surface area (Å²) in [5.41, 5.74) is 1.76. The number of amides is 1. The number of aliphatic hydroxyl groups excluding tert-OH is 1. The van der Waals surface area contributed by atoms with Gasteiger partial charge < -0.3 is 24.8 Å². The van der Waals surface area contributed by atoms with Crippen LogP contribution < -0.4 is 14.8 Å². The van der Waals surface area contributed by atoms with Crippen molar-refractivity contribution in [2.24, 2.45) is 23.2 Å². The topological polar surface area (TPSA) is 105 Å². The number of aliphatic hydroxyl groups is 1. The smallest absolute Gasteiger partial charge is 0.453 e. The number of fused-ring (bicyclic) bond motifs is 5. The number of rotatable bonds is 13. The predicted octanol–water partition coefficient (Wildman–Crippen LogP) is 6.40. The van der Waals surface area contributed by atoms with E-state index in [0.29, 0.717) is 62.6 Å². The Morgan fingerprint density at radius 2 is 1.80 bits per heavy atom. The first-order valence-corrected chi connectivity index (χ1v) is 19.0. The highest BCUT2D eigenvalue weighted by Gasteiger charge is 2.57. The van der Waals surface area contributed by atoms with Crippen LogP contribution in [0.4, 0.5) is 26.7 Å². The monoisotopic (exact) mass is 720 g/mol. The van der Waals surface area contributed by atoms with Gasteiger partial charge in [-0.3, -0.25) is 9.00 Å². The Bertz CT molecular complexity index is 1370. The molecule has 1 aromatic rings. The molecule has 49 heavy (non-hydrogen) atoms. The minimum absolute atomic E-state index is 0.0541. The Labute approximate surface area is 287 Å². The number of likely N-dealkylation sites (tertiary alicyclic amines) is 1. The lowest BCUT2D eigenvalue weighted by atomic mass is 9.52. The molecular weight excluding hydrogens is 671 g/mol. The normalized spacial score (nSPS) is 28.1. The Morgan fingerprint density at radius 3 is 2.47 bits per heavy atom. The van der Waals surface area contributed by atoms with E-state index in [1.165, 1.54) is 0 Å². The van der Waals surface area contributed by atoms with Crippen LogP contribution in [0.2, 0.25) is 0 Å². The zero-order valence-electron chi connectivity index (χ0n) is 28.3. The highest BCUT2D eigenvalue weighted by Crippen LogP contribution is 2.62. The largest absolute Gasteiger partial charge is 0.493 e. The van der Waals surface area contributed by atoms with E-state index in [1.54, 1.807) is 12.0 Å². The number of piperidine rings is 1. The summed E-state index contributed by atoms with van der Waals surface area (Å²) in [7, 11) is 0.00999. The number of ether oxygens (including phenoxy) is 2. The standard InChI is InChI=1S/C35H49F5N2O6S/c1-33-12-8-25-26-21-28(47-2)29(48-32(45)42-14-9-24(10-15-42)41-13-16-43)20-23(26)19-22(31(25)27(33)6-7-30(33)44)5-3-17-49(46)18-4-11-34(36,37)35(38,39)40/h20-22,24-25,27,31,41,43H,3-19H2,1-2H3/t22-,25-,27+,31-,33+,49?/m1/s1. The lowest BCUT2D eigenvalue weighted by Gasteiger charge is -2.52. The van der Waals surface area contributed by atoms with Crippen molar-refractivity contribution in [2.45, 2.75) is 102 Å². The Hall–Kier alpha value is -2.32. The second-order valence-electron chi connectivity index (χ2n) is 14.5. The third-order valence-corrected chi connectivity index (χ3v) is 13.1. The number of hydrogen-bond donors (Lipinski definition) is 2. The van der Waals surface area contributed by atoms with Crippen molar-refractivity contribution in [1.82, 2.24) is 10.2 Å². The summed E-state index contributed by atoms with van der Waals surface area (Å²) in [6, 6.07) is 4.09. The molecule has 2 saturated carbocycles. The molecule has 2 N–H and O–H groups in total. The Morgan fingerprint density at radius 1 is 1.08 bits per heavy atom. The summed E-state index contributed by atoms with van der Waals surface area (Å²) in [6.45, 7) is 3.68. The van der Waals surface area contributed by atoms with Crippen molar-refractivity contribution in [3.8, 4) is 11.5 Å². The first kappa shape index (κ1) is 37.9. The van der Waals surface area contributed by atoms with Crippen LogP contribution in [0.15, 0.2) is 12.1 Å². The molecule has 0 spiro atoms. The molecule has 0 bridgehead atoms. The van der Waals surface area contributed by atoms with Crippen molar-refractivity contribution in [3.05, 3.63) is 23.3 Å². The van der Waals surface area contributed by atoms with E-state index >= 15 is 0 Å². The fourth-order valence-corrected chi connectivity index (χ4v) is 10.1. The second kappa shape index (κ2) is 15.5. The van der Waals surface area contributed by atoms with E-state index in [1.807, 2.05) is 12.1 Å². The molecule has 1 saturated heterocycles. The molecular formula is C35H49F5N2O6S. The molecule has 0 radical (unpaired) electrons. The average Bonchev–Trinajstić information content (AvgIpc) is 3.36. The van der Waals surface area contributed by atoms with E-state index < -0.39 is 47.2 Å². The fraction of sp³-hybridized carbons (Fsp3) is 0.771. The molecule has 3 aliphatic carbocycles. The number of halogens is 5. The van der Waals surface area contributed by atoms with Gasteiger partial charge in [0.15, 0.2) is 11.5 Å². The molecule has 1 aliphatic heterocycles. The van der Waals surface area contributed by atoms with Gasteiger partial charge in [0.05, 0.1) is 13.7 Å². The maximum Gasteiger partial charge on any atom is 0.453 e. The number of benzene rings is 1. The number of hydrogen-bond acceptors (Lipinski definition) is 7. The first-order valence-electron chi connectivity index (χ1n) is 17.5. The molecule has 1 heterocycles. The van der Waals surface area contributed by atoms with Crippen LogP contribution in [-0.2, 0) is 22.0 Å². The fourth-order valence-electron chi connectivity index (χ4n) is 8.98. The highest BCUT2D eigenvalue weighted by molar-refractivity contribution is 7.84. The Kier molecular flexibility index (Phi) is 12.0. The molecule has 1 unspecified atom stereocenters. The molecule has 6 atom stereocenters. The average molecular weight is 721 g/mol. The van der Waals surface area contributed by atoms with Crippen molar-refractivity contribution in [1.29, 1.82) is 0 Å². The summed E-state index contributed by atoms with van der Waals surface area (Å²) >= 11 is 0. The number of Topliss-reactive ketones (excluding diaryl/α,β-unsaturated/α-hetero) is 1. The first-order chi connectivity index (χ1) is 23.2. The molecule has 4 aliphatic rings. The van der Waals surface area contributed by atoms with Gasteiger partial charge in [-0.05, 0) is 105 Å². The van der Waals surface area contributed by atoms with Crippen molar-refractivity contribution >= 4 is 22.7 Å². The molecule has 1 amide bonds. The molecule has 1 aromatic carbocycles. The van der Waals surface area contributed by atoms with E-state index in [0.717, 1.165) is 43.2 Å². The van der Waals surface area contributed by atoms with Gasteiger partial charge in [-0.25, -0.2) is 4.79 Å². The SMILES string of the molecule is COc1cc2c(cc1OC(=O)N1CCC(NCCO)CC1)C[C@@H](CCCS(=O)CCCC(F)(F)C(F)(F)F)[C@@H]1[C@@H]2CC[C@]2(C)C(=O)CC[C@@H]12. The number of carbonyl (C=O) groups is 2. The van der Waals surface area contributed by atoms with Crippen molar-refractivity contribution in [3.63, 3.8) is 0 Å². The molecule has 276 valence electrons. The third kappa shape index (κ3) is 8.27. The molecule has 8 nitrogen and oxygen atoms in total. The predicted molar refractivity (Wildman–Crippen MR) is 175 cm³/mol. The van der Waals surface area contributed by atoms with Crippen LogP contribution in [0.1, 0.15) is 88.2 Å². The van der Waals surface area contributed by atoms with Gasteiger partial charge in [-0.2, -0.15) is 22.0 Å². The van der Waals surface area contributed by atoms with Gasteiger partial charge in [0, 0.05) is 66.2 Å². The molecule has 0 aromatic heterocycles. The highest BCUT2D eigenvalue weighted by atomic mass is 32.2. The summed E-state index contributed by atoms with van der Waals surface area (Å²) in [5, 5.41) is 12.3. The minimum atomic E-state index is -5.61. The quantitative estimate of drug-likeness (QED) is 0.228. The number of nitrogens with one attached hydrogen (secondary N) is 1. The lowest BCUT2D eigenvalue weighted by Crippen LogP contribution is -2.46. The number of carbonyl (C=O) groups excluding carboxylic acids is 2. The number of alkyl halides is 5. The van der Waals surface area contributed by atoms with Gasteiger partial charge in [-0.1, -0.05) is 6.92 Å². The van der Waals surface area contributed by atoms with Gasteiger partial charge in [0.2, 0.25) is 0 Å². The van der Waals surface area contributed by atoms with Crippen LogP contribution in [0.3, 0.4) is 0 Å². The van der Waals surface area contributed by atoms with Gasteiger partial charge in [0.1, 0.15) is 5.78 Å². The van der Waals surface area contributed by atoms with Gasteiger partial charge in [0.25, 0.3) is 0 Å².